The van der Waals surface area contributed by atoms with Crippen LogP contribution in [0.15, 0.2) is 47.7 Å². The number of carbonyl (C=O) groups is 1. The molecule has 0 aliphatic heterocycles. The highest BCUT2D eigenvalue weighted by Gasteiger charge is 2.40. The van der Waals surface area contributed by atoms with Crippen LogP contribution >= 0.6 is 34.8 Å². The van der Waals surface area contributed by atoms with E-state index in [1.165, 1.54) is 43.3 Å². The zero-order valence-electron chi connectivity index (χ0n) is 15.5. The van der Waals surface area contributed by atoms with Gasteiger partial charge in [0.2, 0.25) is 0 Å². The molecular formula is C19H12Cl3F3N4O2. The molecule has 12 heteroatoms. The van der Waals surface area contributed by atoms with Crippen molar-refractivity contribution >= 4 is 46.4 Å². The van der Waals surface area contributed by atoms with Crippen LogP contribution < -0.4 is 5.43 Å². The number of amides is 1. The van der Waals surface area contributed by atoms with E-state index in [0.717, 1.165) is 6.20 Å². The summed E-state index contributed by atoms with van der Waals surface area (Å²) < 4.78 is 41.7. The first kappa shape index (κ1) is 22.9. The Morgan fingerprint density at radius 2 is 1.74 bits per heavy atom. The molecule has 0 saturated heterocycles. The molecular weight excluding hydrogens is 480 g/mol. The van der Waals surface area contributed by atoms with Gasteiger partial charge in [-0.15, -0.1) is 0 Å². The summed E-state index contributed by atoms with van der Waals surface area (Å²) in [6.07, 6.45) is -4.11. The minimum atomic E-state index is -4.89. The smallest absolute Gasteiger partial charge is 0.434 e. The largest absolute Gasteiger partial charge is 0.506 e. The summed E-state index contributed by atoms with van der Waals surface area (Å²) in [5.74, 6) is -1.49. The van der Waals surface area contributed by atoms with Crippen molar-refractivity contribution in [1.29, 1.82) is 0 Å². The van der Waals surface area contributed by atoms with Crippen molar-refractivity contribution in [3.63, 3.8) is 0 Å². The van der Waals surface area contributed by atoms with Crippen molar-refractivity contribution in [1.82, 2.24) is 15.2 Å². The number of halogens is 6. The summed E-state index contributed by atoms with van der Waals surface area (Å²) in [7, 11) is 0. The standard InChI is InChI=1S/C19H12Cl3F3N4O2/c1-9(13-6-11(21)7-15(22)16(13)30)27-28-18(31)14-8-26-29(17(14)19(23,24)25)12-4-2-10(20)3-5-12/h2-8,30H,1H3,(H,28,31)/b27-9+. The van der Waals surface area contributed by atoms with Crippen molar-refractivity contribution < 1.29 is 23.1 Å². The Hall–Kier alpha value is -2.75. The number of aromatic nitrogens is 2. The van der Waals surface area contributed by atoms with Gasteiger partial charge in [0.1, 0.15) is 5.75 Å². The number of carbonyl (C=O) groups excluding carboxylic acids is 1. The molecule has 3 rings (SSSR count). The van der Waals surface area contributed by atoms with Crippen LogP contribution in [-0.4, -0.2) is 26.5 Å². The van der Waals surface area contributed by atoms with Gasteiger partial charge in [0.15, 0.2) is 5.69 Å². The highest BCUT2D eigenvalue weighted by atomic mass is 35.5. The normalized spacial score (nSPS) is 12.2. The number of nitrogens with zero attached hydrogens (tertiary/aromatic N) is 3. The Balaban J connectivity index is 1.95. The Labute approximate surface area is 188 Å². The molecule has 2 aromatic carbocycles. The lowest BCUT2D eigenvalue weighted by Gasteiger charge is -2.12. The summed E-state index contributed by atoms with van der Waals surface area (Å²) in [5.41, 5.74) is 0.231. The SMILES string of the molecule is C/C(=N\NC(=O)c1cnn(-c2ccc(Cl)cc2)c1C(F)(F)F)c1cc(Cl)cc(Cl)c1O. The van der Waals surface area contributed by atoms with Crippen LogP contribution in [0.2, 0.25) is 15.1 Å². The van der Waals surface area contributed by atoms with Gasteiger partial charge in [0, 0.05) is 15.6 Å². The maximum atomic E-state index is 13.7. The molecule has 1 amide bonds. The maximum Gasteiger partial charge on any atom is 0.434 e. The average molecular weight is 492 g/mol. The van der Waals surface area contributed by atoms with E-state index in [1.54, 1.807) is 0 Å². The summed E-state index contributed by atoms with van der Waals surface area (Å²) in [4.78, 5) is 12.5. The minimum Gasteiger partial charge on any atom is -0.506 e. The Kier molecular flexibility index (Phi) is 6.49. The molecule has 0 atom stereocenters. The van der Waals surface area contributed by atoms with E-state index in [2.05, 4.69) is 10.2 Å². The highest BCUT2D eigenvalue weighted by molar-refractivity contribution is 6.36. The summed E-state index contributed by atoms with van der Waals surface area (Å²) in [6.45, 7) is 1.41. The zero-order valence-corrected chi connectivity index (χ0v) is 17.8. The van der Waals surface area contributed by atoms with Crippen LogP contribution in [-0.2, 0) is 6.18 Å². The second kappa shape index (κ2) is 8.78. The van der Waals surface area contributed by atoms with E-state index in [-0.39, 0.29) is 32.8 Å². The van der Waals surface area contributed by atoms with Gasteiger partial charge in [0.25, 0.3) is 5.91 Å². The second-order valence-corrected chi connectivity index (χ2v) is 7.49. The first-order valence-electron chi connectivity index (χ1n) is 8.43. The fourth-order valence-electron chi connectivity index (χ4n) is 2.66. The fraction of sp³-hybridized carbons (Fsp3) is 0.105. The minimum absolute atomic E-state index is 0.0491. The van der Waals surface area contributed by atoms with Gasteiger partial charge in [-0.25, -0.2) is 10.1 Å². The Morgan fingerprint density at radius 3 is 2.35 bits per heavy atom. The van der Waals surface area contributed by atoms with E-state index in [0.29, 0.717) is 9.70 Å². The van der Waals surface area contributed by atoms with Crippen molar-refractivity contribution in [3.8, 4) is 11.4 Å². The molecule has 1 heterocycles. The maximum absolute atomic E-state index is 13.7. The van der Waals surface area contributed by atoms with Crippen molar-refractivity contribution in [2.75, 3.05) is 0 Å². The molecule has 1 aromatic heterocycles. The Bertz CT molecular complexity index is 1180. The molecule has 162 valence electrons. The van der Waals surface area contributed by atoms with Crippen molar-refractivity contribution in [3.05, 3.63) is 74.5 Å². The second-order valence-electron chi connectivity index (χ2n) is 6.21. The topological polar surface area (TPSA) is 79.5 Å². The first-order chi connectivity index (χ1) is 14.5. The molecule has 0 aliphatic carbocycles. The fourth-order valence-corrected chi connectivity index (χ4v) is 3.28. The van der Waals surface area contributed by atoms with Crippen LogP contribution in [0.4, 0.5) is 13.2 Å². The van der Waals surface area contributed by atoms with Crippen LogP contribution in [0.3, 0.4) is 0 Å². The number of alkyl halides is 3. The molecule has 0 bridgehead atoms. The molecule has 0 aliphatic rings. The molecule has 0 unspecified atom stereocenters. The summed E-state index contributed by atoms with van der Waals surface area (Å²) in [5, 5.41) is 17.9. The molecule has 6 nitrogen and oxygen atoms in total. The molecule has 2 N–H and O–H groups in total. The predicted molar refractivity (Wildman–Crippen MR) is 111 cm³/mol. The number of benzene rings is 2. The third-order valence-corrected chi connectivity index (χ3v) is 4.85. The molecule has 0 spiro atoms. The van der Waals surface area contributed by atoms with Crippen molar-refractivity contribution in [2.45, 2.75) is 13.1 Å². The monoisotopic (exact) mass is 490 g/mol. The van der Waals surface area contributed by atoms with Crippen LogP contribution in [0.1, 0.15) is 28.5 Å². The van der Waals surface area contributed by atoms with Gasteiger partial charge in [-0.05, 0) is 43.3 Å². The number of phenols is 1. The predicted octanol–water partition coefficient (Wildman–Crippen LogP) is 5.71. The third kappa shape index (κ3) is 4.95. The third-order valence-electron chi connectivity index (χ3n) is 4.10. The Morgan fingerprint density at radius 1 is 1.10 bits per heavy atom. The van der Waals surface area contributed by atoms with E-state index in [1.807, 2.05) is 5.43 Å². The highest BCUT2D eigenvalue weighted by Crippen LogP contribution is 2.34. The molecule has 31 heavy (non-hydrogen) atoms. The lowest BCUT2D eigenvalue weighted by Crippen LogP contribution is -2.24. The van der Waals surface area contributed by atoms with Gasteiger partial charge < -0.3 is 5.11 Å². The number of hydrogen-bond donors (Lipinski definition) is 2. The summed E-state index contributed by atoms with van der Waals surface area (Å²) in [6, 6.07) is 8.10. The number of rotatable bonds is 4. The number of hydrogen-bond acceptors (Lipinski definition) is 4. The average Bonchev–Trinajstić information content (AvgIpc) is 3.15. The van der Waals surface area contributed by atoms with Crippen LogP contribution in [0.25, 0.3) is 5.69 Å². The molecule has 0 radical (unpaired) electrons. The number of nitrogens with one attached hydrogen (secondary N) is 1. The van der Waals surface area contributed by atoms with Gasteiger partial charge >= 0.3 is 6.18 Å². The van der Waals surface area contributed by atoms with Gasteiger partial charge in [0.05, 0.1) is 28.2 Å². The summed E-state index contributed by atoms with van der Waals surface area (Å²) >= 11 is 17.5. The van der Waals surface area contributed by atoms with Crippen LogP contribution in [0, 0.1) is 0 Å². The van der Waals surface area contributed by atoms with E-state index in [4.69, 9.17) is 34.8 Å². The number of phenolic OH excluding ortho intramolecular Hbond substituents is 1. The van der Waals surface area contributed by atoms with E-state index < -0.39 is 23.3 Å². The van der Waals surface area contributed by atoms with Gasteiger partial charge in [-0.3, -0.25) is 4.79 Å². The van der Waals surface area contributed by atoms with Crippen molar-refractivity contribution in [2.24, 2.45) is 5.10 Å². The lowest BCUT2D eigenvalue weighted by molar-refractivity contribution is -0.143. The number of hydrazone groups is 1. The molecule has 0 saturated carbocycles. The quantitative estimate of drug-likeness (QED) is 0.362. The first-order valence-corrected chi connectivity index (χ1v) is 9.56. The van der Waals surface area contributed by atoms with E-state index >= 15 is 0 Å². The van der Waals surface area contributed by atoms with Gasteiger partial charge in [-0.2, -0.15) is 23.4 Å². The van der Waals surface area contributed by atoms with Crippen LogP contribution in [0.5, 0.6) is 5.75 Å². The zero-order chi connectivity index (χ0) is 22.9. The lowest BCUT2D eigenvalue weighted by atomic mass is 10.1. The van der Waals surface area contributed by atoms with Gasteiger partial charge in [-0.1, -0.05) is 34.8 Å². The van der Waals surface area contributed by atoms with E-state index in [9.17, 15) is 23.1 Å². The molecule has 3 aromatic rings. The molecule has 0 fully saturated rings. The number of aromatic hydroxyl groups is 1.